The quantitative estimate of drug-likeness (QED) is 0.198. The summed E-state index contributed by atoms with van der Waals surface area (Å²) in [5.74, 6) is -0.607. The van der Waals surface area contributed by atoms with E-state index in [9.17, 15) is 35.3 Å². The van der Waals surface area contributed by atoms with Crippen LogP contribution < -0.4 is 9.47 Å². The van der Waals surface area contributed by atoms with Crippen molar-refractivity contribution in [2.24, 2.45) is 14.1 Å². The molecule has 2 aromatic carbocycles. The lowest BCUT2D eigenvalue weighted by atomic mass is 9.94. The Morgan fingerprint density at radius 3 is 2.02 bits per heavy atom. The second-order valence-electron chi connectivity index (χ2n) is 9.96. The molecule has 1 unspecified atom stereocenters. The summed E-state index contributed by atoms with van der Waals surface area (Å²) in [7, 11) is 3.13. The van der Waals surface area contributed by atoms with Gasteiger partial charge in [-0.25, -0.2) is 9.97 Å². The Bertz CT molecular complexity index is 1680. The fraction of sp³-hybridized carbons (Fsp3) is 0.385. The molecule has 218 valence electrons. The molecule has 1 atom stereocenters. The number of hydrogen-bond donors (Lipinski definition) is 0. The van der Waals surface area contributed by atoms with Crippen molar-refractivity contribution in [3.63, 3.8) is 0 Å². The van der Waals surface area contributed by atoms with Gasteiger partial charge in [-0.05, 0) is 25.3 Å². The summed E-state index contributed by atoms with van der Waals surface area (Å²) in [6.07, 6.45) is -14.1. The average molecular weight is 603 g/mol. The van der Waals surface area contributed by atoms with Gasteiger partial charge in [0.05, 0.1) is 16.4 Å². The van der Waals surface area contributed by atoms with Crippen molar-refractivity contribution in [2.45, 2.75) is 48.6 Å². The molecule has 4 aromatic rings. The van der Waals surface area contributed by atoms with Crippen molar-refractivity contribution in [2.75, 3.05) is 5.75 Å². The Morgan fingerprint density at radius 2 is 1.49 bits per heavy atom. The van der Waals surface area contributed by atoms with E-state index in [2.05, 4.69) is 19.4 Å². The molecule has 6 rings (SSSR count). The SMILES string of the molecule is CC[S+]([O-])c1c(-c2nc3cc4c(cc3n2C)OC(F)(F)C(F)(F)O4)nc(-c2ccc(C3(C(F)(F)F)CC3)cc2)n1C. The first-order chi connectivity index (χ1) is 19.1. The van der Waals surface area contributed by atoms with Gasteiger partial charge in [0.25, 0.3) is 5.03 Å². The number of benzene rings is 2. The standard InChI is InChI=1S/C26H21F7N4O3S/c1-4-41(38)22-19(35-20(37(22)3)13-5-7-14(8-6-13)23(9-10-23)24(27,28)29)21-34-15-11-17-18(12-16(15)36(21)2)40-26(32,33)25(30,31)39-17/h5-8,11-12H,4,9-10H2,1-3H3. The number of aryl methyl sites for hydroxylation is 1. The molecule has 0 N–H and O–H groups in total. The van der Waals surface area contributed by atoms with E-state index in [0.717, 1.165) is 12.1 Å². The second kappa shape index (κ2) is 8.77. The van der Waals surface area contributed by atoms with E-state index < -0.39 is 46.5 Å². The number of aromatic nitrogens is 4. The van der Waals surface area contributed by atoms with Crippen LogP contribution in [-0.4, -0.2) is 47.8 Å². The Balaban J connectivity index is 1.45. The van der Waals surface area contributed by atoms with Crippen LogP contribution in [0.5, 0.6) is 11.5 Å². The highest BCUT2D eigenvalue weighted by atomic mass is 32.2. The zero-order chi connectivity index (χ0) is 29.7. The molecule has 41 heavy (non-hydrogen) atoms. The Labute approximate surface area is 231 Å². The van der Waals surface area contributed by atoms with Crippen LogP contribution in [0.2, 0.25) is 0 Å². The predicted molar refractivity (Wildman–Crippen MR) is 133 cm³/mol. The first-order valence-corrected chi connectivity index (χ1v) is 13.7. The van der Waals surface area contributed by atoms with E-state index >= 15 is 0 Å². The molecule has 0 bridgehead atoms. The number of ether oxygens (including phenoxy) is 2. The van der Waals surface area contributed by atoms with Crippen LogP contribution in [0, 0.1) is 0 Å². The third kappa shape index (κ3) is 4.07. The number of alkyl halides is 7. The van der Waals surface area contributed by atoms with Crippen LogP contribution in [-0.2, 0) is 30.7 Å². The Morgan fingerprint density at radius 1 is 0.902 bits per heavy atom. The monoisotopic (exact) mass is 602 g/mol. The molecule has 0 spiro atoms. The molecule has 1 aliphatic heterocycles. The third-order valence-electron chi connectivity index (χ3n) is 7.48. The molecule has 3 heterocycles. The molecule has 1 fully saturated rings. The summed E-state index contributed by atoms with van der Waals surface area (Å²) in [6, 6.07) is 7.97. The third-order valence-corrected chi connectivity index (χ3v) is 8.90. The molecular weight excluding hydrogens is 581 g/mol. The van der Waals surface area contributed by atoms with Crippen molar-refractivity contribution >= 4 is 22.2 Å². The lowest BCUT2D eigenvalue weighted by Gasteiger charge is -2.31. The van der Waals surface area contributed by atoms with Crippen LogP contribution >= 0.6 is 0 Å². The molecule has 15 heteroatoms. The first kappa shape index (κ1) is 27.7. The average Bonchev–Trinajstić information content (AvgIpc) is 3.58. The van der Waals surface area contributed by atoms with E-state index in [0.29, 0.717) is 11.4 Å². The number of imidazole rings is 2. The number of fused-ring (bicyclic) bond motifs is 2. The van der Waals surface area contributed by atoms with Crippen LogP contribution in [0.3, 0.4) is 0 Å². The van der Waals surface area contributed by atoms with Crippen molar-refractivity contribution in [3.8, 4) is 34.4 Å². The van der Waals surface area contributed by atoms with Gasteiger partial charge in [0.15, 0.2) is 23.0 Å². The van der Waals surface area contributed by atoms with Gasteiger partial charge in [-0.3, -0.25) is 4.57 Å². The van der Waals surface area contributed by atoms with Gasteiger partial charge in [0.2, 0.25) is 0 Å². The minimum atomic E-state index is -4.90. The van der Waals surface area contributed by atoms with E-state index in [4.69, 9.17) is 0 Å². The van der Waals surface area contributed by atoms with Gasteiger partial charge in [0, 0.05) is 43.0 Å². The molecule has 1 saturated carbocycles. The first-order valence-electron chi connectivity index (χ1n) is 12.4. The molecule has 1 aliphatic carbocycles. The van der Waals surface area contributed by atoms with Crippen LogP contribution in [0.15, 0.2) is 41.4 Å². The van der Waals surface area contributed by atoms with Gasteiger partial charge in [-0.2, -0.15) is 30.7 Å². The molecular formula is C26H21F7N4O3S. The van der Waals surface area contributed by atoms with Crippen molar-refractivity contribution in [1.29, 1.82) is 0 Å². The maximum atomic E-state index is 13.8. The minimum Gasteiger partial charge on any atom is -0.610 e. The Kier molecular flexibility index (Phi) is 5.93. The van der Waals surface area contributed by atoms with E-state index in [1.165, 1.54) is 35.9 Å². The fourth-order valence-electron chi connectivity index (χ4n) is 5.05. The van der Waals surface area contributed by atoms with Gasteiger partial charge < -0.3 is 18.6 Å². The largest absolute Gasteiger partial charge is 0.610 e. The Hall–Kier alpha value is -3.46. The lowest BCUT2D eigenvalue weighted by Crippen LogP contribution is -2.52. The zero-order valence-electron chi connectivity index (χ0n) is 21.7. The lowest BCUT2D eigenvalue weighted by molar-refractivity contribution is -0.391. The molecule has 7 nitrogen and oxygen atoms in total. The summed E-state index contributed by atoms with van der Waals surface area (Å²) in [4.78, 5) is 9.08. The van der Waals surface area contributed by atoms with E-state index in [1.807, 2.05) is 0 Å². The number of rotatable bonds is 5. The number of halogens is 7. The van der Waals surface area contributed by atoms with Crippen LogP contribution in [0.4, 0.5) is 30.7 Å². The van der Waals surface area contributed by atoms with E-state index in [1.54, 1.807) is 18.5 Å². The van der Waals surface area contributed by atoms with Crippen molar-refractivity contribution in [3.05, 3.63) is 42.0 Å². The van der Waals surface area contributed by atoms with Gasteiger partial charge in [0.1, 0.15) is 11.6 Å². The molecule has 0 radical (unpaired) electrons. The number of nitrogens with zero attached hydrogens (tertiary/aromatic N) is 4. The summed E-state index contributed by atoms with van der Waals surface area (Å²) < 4.78 is 120. The minimum absolute atomic E-state index is 0.0174. The van der Waals surface area contributed by atoms with Crippen LogP contribution in [0.25, 0.3) is 33.9 Å². The zero-order valence-corrected chi connectivity index (χ0v) is 22.5. The molecule has 2 aromatic heterocycles. The summed E-state index contributed by atoms with van der Waals surface area (Å²) in [6.45, 7) is 1.69. The van der Waals surface area contributed by atoms with Crippen molar-refractivity contribution in [1.82, 2.24) is 19.1 Å². The van der Waals surface area contributed by atoms with Gasteiger partial charge in [-0.1, -0.05) is 24.3 Å². The highest BCUT2D eigenvalue weighted by Crippen LogP contribution is 2.59. The topological polar surface area (TPSA) is 77.2 Å². The summed E-state index contributed by atoms with van der Waals surface area (Å²) >= 11 is -1.59. The van der Waals surface area contributed by atoms with Gasteiger partial charge in [-0.15, -0.1) is 0 Å². The highest BCUT2D eigenvalue weighted by Gasteiger charge is 2.66. The summed E-state index contributed by atoms with van der Waals surface area (Å²) in [5, 5.41) is 0.259. The van der Waals surface area contributed by atoms with E-state index in [-0.39, 0.29) is 51.7 Å². The van der Waals surface area contributed by atoms with Crippen LogP contribution in [0.1, 0.15) is 25.3 Å². The normalized spacial score (nSPS) is 19.4. The maximum absolute atomic E-state index is 13.8. The molecule has 0 saturated heterocycles. The smallest absolute Gasteiger partial charge is 0.507 e. The van der Waals surface area contributed by atoms with Crippen molar-refractivity contribution < 1.29 is 44.8 Å². The molecule has 2 aliphatic rings. The summed E-state index contributed by atoms with van der Waals surface area (Å²) in [5.41, 5.74) is -0.751. The predicted octanol–water partition coefficient (Wildman–Crippen LogP) is 6.32. The second-order valence-corrected chi connectivity index (χ2v) is 11.6. The molecule has 0 amide bonds. The number of hydrogen-bond acceptors (Lipinski definition) is 5. The van der Waals surface area contributed by atoms with Gasteiger partial charge >= 0.3 is 18.4 Å². The fourth-order valence-corrected chi connectivity index (χ4v) is 6.07. The maximum Gasteiger partial charge on any atom is 0.507 e. The highest BCUT2D eigenvalue weighted by molar-refractivity contribution is 7.91.